The predicted octanol–water partition coefficient (Wildman–Crippen LogP) is 5.80. The highest BCUT2D eigenvalue weighted by molar-refractivity contribution is 9.10. The Bertz CT molecular complexity index is 1400. The van der Waals surface area contributed by atoms with E-state index in [-0.39, 0.29) is 29.0 Å². The molecule has 0 unspecified atom stereocenters. The fraction of sp³-hybridized carbons (Fsp3) is 0.310. The van der Waals surface area contributed by atoms with Gasteiger partial charge in [-0.15, -0.1) is 0 Å². The van der Waals surface area contributed by atoms with Gasteiger partial charge in [0.25, 0.3) is 10.0 Å². The lowest BCUT2D eigenvalue weighted by atomic mass is 10.1. The van der Waals surface area contributed by atoms with E-state index in [2.05, 4.69) is 21.2 Å². The molecule has 3 aromatic rings. The zero-order chi connectivity index (χ0) is 28.7. The number of carbonyl (C=O) groups excluding carboxylic acids is 2. The van der Waals surface area contributed by atoms with Gasteiger partial charge in [-0.25, -0.2) is 8.42 Å². The second-order valence-electron chi connectivity index (χ2n) is 9.77. The van der Waals surface area contributed by atoms with Crippen molar-refractivity contribution in [2.45, 2.75) is 45.2 Å². The Morgan fingerprint density at radius 2 is 1.62 bits per heavy atom. The first kappa shape index (κ1) is 30.7. The first-order valence-corrected chi connectivity index (χ1v) is 15.2. The summed E-state index contributed by atoms with van der Waals surface area (Å²) < 4.78 is 29.6. The van der Waals surface area contributed by atoms with Crippen molar-refractivity contribution in [3.8, 4) is 0 Å². The van der Waals surface area contributed by atoms with Crippen molar-refractivity contribution in [3.63, 3.8) is 0 Å². The number of halogens is 2. The Labute approximate surface area is 244 Å². The molecule has 0 aromatic heterocycles. The molecule has 39 heavy (non-hydrogen) atoms. The third-order valence-electron chi connectivity index (χ3n) is 6.10. The van der Waals surface area contributed by atoms with Crippen LogP contribution in [0.25, 0.3) is 0 Å². The minimum absolute atomic E-state index is 0.0445. The number of rotatable bonds is 11. The van der Waals surface area contributed by atoms with E-state index in [0.29, 0.717) is 11.6 Å². The molecule has 3 aromatic carbocycles. The molecule has 7 nitrogen and oxygen atoms in total. The van der Waals surface area contributed by atoms with Gasteiger partial charge < -0.3 is 10.2 Å². The highest BCUT2D eigenvalue weighted by Gasteiger charge is 2.32. The molecule has 0 fully saturated rings. The van der Waals surface area contributed by atoms with Gasteiger partial charge in [0.1, 0.15) is 12.6 Å². The fourth-order valence-corrected chi connectivity index (χ4v) is 5.67. The number of nitrogens with one attached hydrogen (secondary N) is 1. The monoisotopic (exact) mass is 633 g/mol. The molecule has 208 valence electrons. The van der Waals surface area contributed by atoms with Crippen LogP contribution < -0.4 is 9.62 Å². The van der Waals surface area contributed by atoms with Crippen LogP contribution in [0.5, 0.6) is 0 Å². The van der Waals surface area contributed by atoms with Gasteiger partial charge in [-0.3, -0.25) is 13.9 Å². The van der Waals surface area contributed by atoms with Gasteiger partial charge in [-0.05, 0) is 67.8 Å². The summed E-state index contributed by atoms with van der Waals surface area (Å²) in [6.07, 6.45) is 0. The molecule has 0 aliphatic heterocycles. The highest BCUT2D eigenvalue weighted by Crippen LogP contribution is 2.27. The minimum atomic E-state index is -4.14. The number of aryl methyl sites for hydroxylation is 1. The number of hydrogen-bond donors (Lipinski definition) is 1. The van der Waals surface area contributed by atoms with E-state index in [4.69, 9.17) is 11.6 Å². The lowest BCUT2D eigenvalue weighted by molar-refractivity contribution is -0.139. The summed E-state index contributed by atoms with van der Waals surface area (Å²) in [6, 6.07) is 19.3. The summed E-state index contributed by atoms with van der Waals surface area (Å²) in [5.74, 6) is -0.611. The number of carbonyl (C=O) groups is 2. The van der Waals surface area contributed by atoms with Gasteiger partial charge >= 0.3 is 0 Å². The SMILES string of the molecule is Cc1ccc(S(=O)(=O)N(CC(=O)N(Cc2ccc(Br)cc2)[C@H](C)C(=O)NCC(C)C)c2cccc(Cl)c2)cc1. The molecular weight excluding hydrogens is 602 g/mol. The van der Waals surface area contributed by atoms with Gasteiger partial charge in [0.05, 0.1) is 10.6 Å². The molecule has 1 atom stereocenters. The average molecular weight is 635 g/mol. The highest BCUT2D eigenvalue weighted by atomic mass is 79.9. The first-order chi connectivity index (χ1) is 18.4. The van der Waals surface area contributed by atoms with Crippen LogP contribution in [-0.4, -0.2) is 44.3 Å². The normalized spacial score (nSPS) is 12.2. The molecule has 0 spiro atoms. The fourth-order valence-electron chi connectivity index (χ4n) is 3.82. The molecule has 0 radical (unpaired) electrons. The number of anilines is 1. The van der Waals surface area contributed by atoms with Crippen molar-refractivity contribution in [2.75, 3.05) is 17.4 Å². The van der Waals surface area contributed by atoms with Crippen LogP contribution >= 0.6 is 27.5 Å². The molecule has 0 heterocycles. The number of amides is 2. The third-order valence-corrected chi connectivity index (χ3v) is 8.65. The molecule has 10 heteroatoms. The summed E-state index contributed by atoms with van der Waals surface area (Å²) in [6.45, 7) is 7.53. The minimum Gasteiger partial charge on any atom is -0.354 e. The van der Waals surface area contributed by atoms with E-state index >= 15 is 0 Å². The lowest BCUT2D eigenvalue weighted by Gasteiger charge is -2.32. The maximum absolute atomic E-state index is 13.9. The molecule has 0 saturated carbocycles. The van der Waals surface area contributed by atoms with E-state index in [1.165, 1.54) is 23.1 Å². The van der Waals surface area contributed by atoms with Gasteiger partial charge in [0, 0.05) is 22.6 Å². The van der Waals surface area contributed by atoms with Crippen LogP contribution in [0, 0.1) is 12.8 Å². The number of benzene rings is 3. The second-order valence-corrected chi connectivity index (χ2v) is 13.0. The summed E-state index contributed by atoms with van der Waals surface area (Å²) in [5.41, 5.74) is 1.95. The van der Waals surface area contributed by atoms with Crippen molar-refractivity contribution in [3.05, 3.63) is 93.4 Å². The van der Waals surface area contributed by atoms with Gasteiger partial charge in [0.2, 0.25) is 11.8 Å². The smallest absolute Gasteiger partial charge is 0.264 e. The summed E-state index contributed by atoms with van der Waals surface area (Å²) >= 11 is 9.61. The van der Waals surface area contributed by atoms with Crippen molar-refractivity contribution in [1.82, 2.24) is 10.2 Å². The van der Waals surface area contributed by atoms with Crippen molar-refractivity contribution in [2.24, 2.45) is 5.92 Å². The zero-order valence-electron chi connectivity index (χ0n) is 22.4. The Hall–Kier alpha value is -2.88. The topological polar surface area (TPSA) is 86.8 Å². The third kappa shape index (κ3) is 8.30. The summed E-state index contributed by atoms with van der Waals surface area (Å²) in [7, 11) is -4.14. The molecule has 3 rings (SSSR count). The lowest BCUT2D eigenvalue weighted by Crippen LogP contribution is -2.51. The summed E-state index contributed by atoms with van der Waals surface area (Å²) in [5, 5.41) is 3.21. The van der Waals surface area contributed by atoms with Gasteiger partial charge in [0.15, 0.2) is 0 Å². The van der Waals surface area contributed by atoms with Crippen LogP contribution in [0.3, 0.4) is 0 Å². The van der Waals surface area contributed by atoms with Gasteiger partial charge in [-0.2, -0.15) is 0 Å². The molecule has 1 N–H and O–H groups in total. The molecule has 2 amide bonds. The van der Waals surface area contributed by atoms with Crippen molar-refractivity contribution in [1.29, 1.82) is 0 Å². The molecular formula is C29H33BrClN3O4S. The molecule has 0 saturated heterocycles. The van der Waals surface area contributed by atoms with E-state index in [1.54, 1.807) is 37.3 Å². The van der Waals surface area contributed by atoms with Gasteiger partial charge in [-0.1, -0.05) is 77.3 Å². The number of sulfonamides is 1. The first-order valence-electron chi connectivity index (χ1n) is 12.5. The Kier molecular flexibility index (Phi) is 10.6. The van der Waals surface area contributed by atoms with Crippen LogP contribution in [-0.2, 0) is 26.2 Å². The molecule has 0 aliphatic rings. The number of hydrogen-bond acceptors (Lipinski definition) is 4. The van der Waals surface area contributed by atoms with E-state index in [9.17, 15) is 18.0 Å². The van der Waals surface area contributed by atoms with Crippen LogP contribution in [0.2, 0.25) is 5.02 Å². The van der Waals surface area contributed by atoms with Crippen LogP contribution in [0.15, 0.2) is 82.2 Å². The molecule has 0 aliphatic carbocycles. The maximum atomic E-state index is 13.9. The zero-order valence-corrected chi connectivity index (χ0v) is 25.6. The number of nitrogens with zero attached hydrogens (tertiary/aromatic N) is 2. The predicted molar refractivity (Wildman–Crippen MR) is 159 cm³/mol. The van der Waals surface area contributed by atoms with Crippen molar-refractivity contribution >= 4 is 55.1 Å². The van der Waals surface area contributed by atoms with E-state index < -0.39 is 28.5 Å². The van der Waals surface area contributed by atoms with Crippen molar-refractivity contribution < 1.29 is 18.0 Å². The van der Waals surface area contributed by atoms with Crippen LogP contribution in [0.4, 0.5) is 5.69 Å². The van der Waals surface area contributed by atoms with E-state index in [0.717, 1.165) is 19.9 Å². The second kappa shape index (κ2) is 13.5. The Morgan fingerprint density at radius 1 is 0.974 bits per heavy atom. The Morgan fingerprint density at radius 3 is 2.21 bits per heavy atom. The standard InChI is InChI=1S/C29H33BrClN3O4S/c1-20(2)17-32-29(36)22(4)33(18-23-10-12-24(30)13-11-23)28(35)19-34(26-7-5-6-25(31)16-26)39(37,38)27-14-8-21(3)9-15-27/h5-16,20,22H,17-19H2,1-4H3,(H,32,36)/t22-/m1/s1. The molecule has 0 bridgehead atoms. The van der Waals surface area contributed by atoms with Crippen LogP contribution in [0.1, 0.15) is 31.9 Å². The average Bonchev–Trinajstić information content (AvgIpc) is 2.89. The maximum Gasteiger partial charge on any atom is 0.264 e. The summed E-state index contributed by atoms with van der Waals surface area (Å²) in [4.78, 5) is 28.4. The Balaban J connectivity index is 2.01. The van der Waals surface area contributed by atoms with E-state index in [1.807, 2.05) is 45.0 Å². The quantitative estimate of drug-likeness (QED) is 0.289. The largest absolute Gasteiger partial charge is 0.354 e.